The topological polar surface area (TPSA) is 99.1 Å². The van der Waals surface area contributed by atoms with Crippen molar-refractivity contribution in [1.29, 1.82) is 0 Å². The molecule has 3 saturated carbocycles. The average Bonchev–Trinajstić information content (AvgIpc) is 3.07. The van der Waals surface area contributed by atoms with E-state index in [2.05, 4.69) is 13.8 Å². The van der Waals surface area contributed by atoms with Crippen LogP contribution in [0.2, 0.25) is 0 Å². The molecular formula is C26H36O7. The molecular weight excluding hydrogens is 424 g/mol. The molecule has 33 heavy (non-hydrogen) atoms. The second-order valence-corrected chi connectivity index (χ2v) is 11.4. The molecule has 7 nitrogen and oxygen atoms in total. The van der Waals surface area contributed by atoms with E-state index in [1.54, 1.807) is 6.08 Å². The van der Waals surface area contributed by atoms with E-state index in [1.807, 2.05) is 6.92 Å². The van der Waals surface area contributed by atoms with Crippen molar-refractivity contribution in [3.63, 3.8) is 0 Å². The lowest BCUT2D eigenvalue weighted by Crippen LogP contribution is -2.63. The number of allylic oxidation sites excluding steroid dienone is 1. The van der Waals surface area contributed by atoms with Crippen molar-refractivity contribution in [3.8, 4) is 0 Å². The minimum Gasteiger partial charge on any atom is -0.458 e. The maximum atomic E-state index is 13.1. The van der Waals surface area contributed by atoms with Crippen molar-refractivity contribution in [2.24, 2.45) is 34.5 Å². The summed E-state index contributed by atoms with van der Waals surface area (Å²) in [5.74, 6) is -1.24. The summed E-state index contributed by atoms with van der Waals surface area (Å²) in [6.07, 6.45) is 6.60. The minimum absolute atomic E-state index is 0.00424. The first-order valence-corrected chi connectivity index (χ1v) is 12.5. The molecule has 7 atom stereocenters. The lowest BCUT2D eigenvalue weighted by Gasteiger charge is -2.61. The molecule has 1 heterocycles. The van der Waals surface area contributed by atoms with Gasteiger partial charge in [-0.25, -0.2) is 0 Å². The van der Waals surface area contributed by atoms with Crippen molar-refractivity contribution >= 4 is 17.5 Å². The van der Waals surface area contributed by atoms with E-state index in [4.69, 9.17) is 14.2 Å². The molecule has 1 spiro atoms. The summed E-state index contributed by atoms with van der Waals surface area (Å²) in [4.78, 5) is 37.6. The lowest BCUT2D eigenvalue weighted by molar-refractivity contribution is -0.384. The van der Waals surface area contributed by atoms with Crippen LogP contribution in [-0.4, -0.2) is 47.9 Å². The van der Waals surface area contributed by atoms with E-state index in [-0.39, 0.29) is 59.5 Å². The van der Waals surface area contributed by atoms with Gasteiger partial charge in [0.05, 0.1) is 6.10 Å². The first-order valence-electron chi connectivity index (χ1n) is 12.5. The molecule has 0 aromatic rings. The van der Waals surface area contributed by atoms with Gasteiger partial charge in [0.15, 0.2) is 12.6 Å². The van der Waals surface area contributed by atoms with Gasteiger partial charge in [-0.1, -0.05) is 26.3 Å². The van der Waals surface area contributed by atoms with Crippen LogP contribution in [-0.2, 0) is 28.6 Å². The van der Waals surface area contributed by atoms with Gasteiger partial charge in [-0.15, -0.1) is 0 Å². The van der Waals surface area contributed by atoms with Crippen LogP contribution in [0.25, 0.3) is 0 Å². The Balaban J connectivity index is 1.38. The van der Waals surface area contributed by atoms with Crippen molar-refractivity contribution in [2.75, 3.05) is 13.4 Å². The third-order valence-corrected chi connectivity index (χ3v) is 9.75. The highest BCUT2D eigenvalue weighted by Gasteiger charge is 2.66. The molecule has 5 rings (SSSR count). The molecule has 1 aliphatic heterocycles. The van der Waals surface area contributed by atoms with Crippen LogP contribution in [0.3, 0.4) is 0 Å². The summed E-state index contributed by atoms with van der Waals surface area (Å²) < 4.78 is 16.5. The fourth-order valence-corrected chi connectivity index (χ4v) is 8.28. The van der Waals surface area contributed by atoms with Crippen LogP contribution >= 0.6 is 0 Å². The van der Waals surface area contributed by atoms with E-state index >= 15 is 0 Å². The van der Waals surface area contributed by atoms with E-state index in [0.717, 1.165) is 31.3 Å². The summed E-state index contributed by atoms with van der Waals surface area (Å²) in [5.41, 5.74) is 0.433. The Hall–Kier alpha value is -1.57. The maximum absolute atomic E-state index is 13.1. The van der Waals surface area contributed by atoms with Gasteiger partial charge in [0.2, 0.25) is 11.6 Å². The van der Waals surface area contributed by atoms with E-state index in [9.17, 15) is 19.5 Å². The fourth-order valence-electron chi connectivity index (χ4n) is 8.28. The number of ketones is 2. The van der Waals surface area contributed by atoms with Gasteiger partial charge in [-0.3, -0.25) is 14.4 Å². The summed E-state index contributed by atoms with van der Waals surface area (Å²) in [7, 11) is 0. The molecule has 0 bridgehead atoms. The van der Waals surface area contributed by atoms with Crippen LogP contribution < -0.4 is 0 Å². The predicted octanol–water partition coefficient (Wildman–Crippen LogP) is 3.33. The van der Waals surface area contributed by atoms with Crippen LogP contribution in [0.5, 0.6) is 0 Å². The van der Waals surface area contributed by atoms with Gasteiger partial charge in [-0.2, -0.15) is 0 Å². The standard InChI is InChI=1S/C26H36O7/c1-4-5-22(30)31-12-20(28)18-9-8-17-16-7-6-15-10-21(29)26(32-14-33-26)13-25(15,3)23(16)19(27)11-24(17,18)2/h10,16-19,23,27H,4-9,11-14H2,1-3H3/t16-,17-,18+,19-,23+,24-,25-/m0/s1. The number of esters is 1. The number of carbonyl (C=O) groups excluding carboxylic acids is 3. The smallest absolute Gasteiger partial charge is 0.306 e. The summed E-state index contributed by atoms with van der Waals surface area (Å²) >= 11 is 0. The largest absolute Gasteiger partial charge is 0.458 e. The third kappa shape index (κ3) is 3.37. The number of Topliss-reactive ketones (excluding diaryl/α,β-unsaturated/α-hetero) is 1. The van der Waals surface area contributed by atoms with Crippen LogP contribution in [0.1, 0.15) is 72.1 Å². The zero-order valence-corrected chi connectivity index (χ0v) is 19.9. The quantitative estimate of drug-likeness (QED) is 0.628. The van der Waals surface area contributed by atoms with Gasteiger partial charge in [0.1, 0.15) is 6.61 Å². The first kappa shape index (κ1) is 23.2. The van der Waals surface area contributed by atoms with E-state index in [0.29, 0.717) is 31.6 Å². The normalized spacial score (nSPS) is 43.1. The first-order chi connectivity index (χ1) is 15.6. The Morgan fingerprint density at radius 2 is 1.97 bits per heavy atom. The van der Waals surface area contributed by atoms with Gasteiger partial charge in [0, 0.05) is 18.8 Å². The lowest BCUT2D eigenvalue weighted by atomic mass is 9.45. The molecule has 0 aromatic carbocycles. The van der Waals surface area contributed by atoms with Crippen LogP contribution in [0.15, 0.2) is 11.6 Å². The number of ether oxygens (including phenoxy) is 3. The highest BCUT2D eigenvalue weighted by Crippen LogP contribution is 2.67. The molecule has 182 valence electrons. The third-order valence-electron chi connectivity index (χ3n) is 9.75. The molecule has 1 N–H and O–H groups in total. The van der Waals surface area contributed by atoms with Crippen molar-refractivity contribution in [1.82, 2.24) is 0 Å². The Morgan fingerprint density at radius 3 is 2.64 bits per heavy atom. The molecule has 4 aliphatic carbocycles. The Morgan fingerprint density at radius 1 is 1.21 bits per heavy atom. The van der Waals surface area contributed by atoms with Gasteiger partial charge in [-0.05, 0) is 73.2 Å². The number of hydrogen-bond donors (Lipinski definition) is 1. The van der Waals surface area contributed by atoms with E-state index < -0.39 is 11.9 Å². The number of rotatable bonds is 5. The molecule has 4 fully saturated rings. The molecule has 1 saturated heterocycles. The van der Waals surface area contributed by atoms with Crippen molar-refractivity contribution in [3.05, 3.63) is 11.6 Å². The zero-order valence-electron chi connectivity index (χ0n) is 19.9. The predicted molar refractivity (Wildman–Crippen MR) is 118 cm³/mol. The Bertz CT molecular complexity index is 889. The fraction of sp³-hybridized carbons (Fsp3) is 0.808. The highest BCUT2D eigenvalue weighted by molar-refractivity contribution is 5.98. The van der Waals surface area contributed by atoms with Gasteiger partial charge >= 0.3 is 5.97 Å². The zero-order chi connectivity index (χ0) is 23.6. The van der Waals surface area contributed by atoms with Gasteiger partial charge in [0.25, 0.3) is 0 Å². The number of hydrogen-bond acceptors (Lipinski definition) is 7. The Kier molecular flexibility index (Phi) is 5.61. The summed E-state index contributed by atoms with van der Waals surface area (Å²) in [6.45, 7) is 6.18. The Labute approximate surface area is 195 Å². The monoisotopic (exact) mass is 460 g/mol. The van der Waals surface area contributed by atoms with Crippen LogP contribution in [0, 0.1) is 34.5 Å². The highest BCUT2D eigenvalue weighted by atomic mass is 16.9. The molecule has 0 unspecified atom stereocenters. The second kappa shape index (κ2) is 7.99. The van der Waals surface area contributed by atoms with Crippen molar-refractivity contribution < 1.29 is 33.7 Å². The number of carbonyl (C=O) groups is 3. The van der Waals surface area contributed by atoms with Crippen molar-refractivity contribution in [2.45, 2.75) is 84.0 Å². The summed E-state index contributed by atoms with van der Waals surface area (Å²) in [6, 6.07) is 0. The maximum Gasteiger partial charge on any atom is 0.306 e. The second-order valence-electron chi connectivity index (χ2n) is 11.4. The SMILES string of the molecule is CCCC(=O)OCC(=O)[C@H]1CC[C@H]2[C@@H]3CCC4=CC(=O)C5(C[C@]4(C)[C@H]3[C@@H](O)C[C@]12C)OCO5. The molecule has 0 amide bonds. The molecule has 5 aliphatic rings. The minimum atomic E-state index is -1.18. The number of aliphatic hydroxyl groups is 1. The molecule has 7 heteroatoms. The van der Waals surface area contributed by atoms with Crippen LogP contribution in [0.4, 0.5) is 0 Å². The molecule has 0 radical (unpaired) electrons. The molecule has 0 aromatic heterocycles. The van der Waals surface area contributed by atoms with E-state index in [1.165, 1.54) is 0 Å². The van der Waals surface area contributed by atoms with Gasteiger partial charge < -0.3 is 19.3 Å². The summed E-state index contributed by atoms with van der Waals surface area (Å²) in [5, 5.41) is 11.5. The number of aliphatic hydroxyl groups excluding tert-OH is 1. The average molecular weight is 461 g/mol. The number of fused-ring (bicyclic) bond motifs is 5.